The highest BCUT2D eigenvalue weighted by molar-refractivity contribution is 5.95. The van der Waals surface area contributed by atoms with E-state index >= 15 is 0 Å². The van der Waals surface area contributed by atoms with Crippen molar-refractivity contribution in [1.29, 1.82) is 0 Å². The monoisotopic (exact) mass is 353 g/mol. The van der Waals surface area contributed by atoms with Crippen LogP contribution in [0.1, 0.15) is 16.1 Å². The first-order chi connectivity index (χ1) is 12.5. The van der Waals surface area contributed by atoms with Crippen molar-refractivity contribution in [1.82, 2.24) is 24.9 Å². The number of nitrogens with zero attached hydrogens (tertiary/aromatic N) is 4. The van der Waals surface area contributed by atoms with Gasteiger partial charge in [-0.05, 0) is 23.8 Å². The van der Waals surface area contributed by atoms with Crippen LogP contribution in [0.15, 0.2) is 53.4 Å². The highest BCUT2D eigenvalue weighted by Gasteiger charge is 2.20. The number of hydrogen-bond acceptors (Lipinski definition) is 5. The maximum absolute atomic E-state index is 12.4. The number of likely N-dealkylation sites (N-methyl/N-ethyl adjacent to an activating group) is 1. The fourth-order valence-corrected chi connectivity index (χ4v) is 2.46. The molecule has 0 aliphatic carbocycles. The van der Waals surface area contributed by atoms with E-state index < -0.39 is 0 Å². The molecule has 0 aromatic carbocycles. The molecule has 3 aromatic rings. The normalized spacial score (nSPS) is 10.5. The van der Waals surface area contributed by atoms with Crippen LogP contribution in [0.25, 0.3) is 11.5 Å². The van der Waals surface area contributed by atoms with Gasteiger partial charge in [-0.3, -0.25) is 14.6 Å². The van der Waals surface area contributed by atoms with Crippen molar-refractivity contribution in [3.63, 3.8) is 0 Å². The summed E-state index contributed by atoms with van der Waals surface area (Å²) in [7, 11) is 3.42. The number of amides is 2. The Morgan fingerprint density at radius 2 is 2.15 bits per heavy atom. The molecule has 0 spiro atoms. The van der Waals surface area contributed by atoms with Crippen LogP contribution >= 0.6 is 0 Å². The van der Waals surface area contributed by atoms with E-state index in [4.69, 9.17) is 4.52 Å². The number of aromatic nitrogens is 3. The molecule has 26 heavy (non-hydrogen) atoms. The number of rotatable bonds is 6. The molecular formula is C18H19N5O3. The fourth-order valence-electron chi connectivity index (χ4n) is 2.46. The fraction of sp³-hybridized carbons (Fsp3) is 0.222. The van der Waals surface area contributed by atoms with Crippen LogP contribution in [0.3, 0.4) is 0 Å². The molecule has 0 aliphatic rings. The van der Waals surface area contributed by atoms with Gasteiger partial charge in [-0.2, -0.15) is 0 Å². The lowest BCUT2D eigenvalue weighted by atomic mass is 10.2. The second-order valence-corrected chi connectivity index (χ2v) is 5.88. The Hall–Kier alpha value is -3.42. The van der Waals surface area contributed by atoms with Gasteiger partial charge in [0.25, 0.3) is 5.91 Å². The maximum atomic E-state index is 12.4. The zero-order valence-electron chi connectivity index (χ0n) is 14.5. The second kappa shape index (κ2) is 7.64. The van der Waals surface area contributed by atoms with Gasteiger partial charge in [0.15, 0.2) is 11.5 Å². The largest absolute Gasteiger partial charge is 0.354 e. The Labute approximate surface area is 150 Å². The van der Waals surface area contributed by atoms with Crippen molar-refractivity contribution in [2.24, 2.45) is 7.05 Å². The first-order valence-electron chi connectivity index (χ1n) is 8.04. The minimum absolute atomic E-state index is 0.0779. The maximum Gasteiger partial charge on any atom is 0.276 e. The third-order valence-corrected chi connectivity index (χ3v) is 3.87. The first-order valence-corrected chi connectivity index (χ1v) is 8.04. The van der Waals surface area contributed by atoms with Gasteiger partial charge in [-0.1, -0.05) is 11.2 Å². The average Bonchev–Trinajstić information content (AvgIpc) is 3.29. The summed E-state index contributed by atoms with van der Waals surface area (Å²) in [5.41, 5.74) is 1.86. The molecule has 1 N–H and O–H groups in total. The van der Waals surface area contributed by atoms with E-state index in [1.165, 1.54) is 4.90 Å². The number of hydrogen-bond donors (Lipinski definition) is 1. The Morgan fingerprint density at radius 3 is 2.85 bits per heavy atom. The zero-order chi connectivity index (χ0) is 18.5. The Morgan fingerprint density at radius 1 is 1.31 bits per heavy atom. The number of carbonyl (C=O) groups excluding carboxylic acids is 2. The molecule has 3 aromatic heterocycles. The molecule has 0 saturated carbocycles. The van der Waals surface area contributed by atoms with E-state index in [2.05, 4.69) is 15.5 Å². The van der Waals surface area contributed by atoms with Crippen LogP contribution in [0.2, 0.25) is 0 Å². The molecule has 0 aliphatic heterocycles. The van der Waals surface area contributed by atoms with Crippen molar-refractivity contribution >= 4 is 11.8 Å². The van der Waals surface area contributed by atoms with Gasteiger partial charge >= 0.3 is 0 Å². The van der Waals surface area contributed by atoms with Gasteiger partial charge in [0.05, 0.1) is 12.2 Å². The van der Waals surface area contributed by atoms with E-state index in [-0.39, 0.29) is 24.1 Å². The van der Waals surface area contributed by atoms with Crippen molar-refractivity contribution in [2.75, 3.05) is 13.6 Å². The molecule has 0 unspecified atom stereocenters. The van der Waals surface area contributed by atoms with E-state index in [1.54, 1.807) is 31.6 Å². The Kier molecular flexibility index (Phi) is 5.12. The van der Waals surface area contributed by atoms with Crippen molar-refractivity contribution < 1.29 is 14.1 Å². The standard InChI is InChI=1S/C18H19N5O3/c1-22-8-4-6-15(22)16-9-14(21-26-16)18(25)23(2)12-17(24)20-11-13-5-3-7-19-10-13/h3-10H,11-12H2,1-2H3,(H,20,24). The Balaban J connectivity index is 1.57. The molecule has 134 valence electrons. The average molecular weight is 353 g/mol. The first kappa shape index (κ1) is 17.4. The topological polar surface area (TPSA) is 93.3 Å². The van der Waals surface area contributed by atoms with Crippen LogP contribution in [-0.4, -0.2) is 45.0 Å². The van der Waals surface area contributed by atoms with Crippen LogP contribution in [0.4, 0.5) is 0 Å². The van der Waals surface area contributed by atoms with Gasteiger partial charge in [-0.15, -0.1) is 0 Å². The van der Waals surface area contributed by atoms with Gasteiger partial charge in [0.1, 0.15) is 0 Å². The molecule has 0 fully saturated rings. The lowest BCUT2D eigenvalue weighted by molar-refractivity contribution is -0.121. The molecule has 0 bridgehead atoms. The number of pyridine rings is 1. The minimum Gasteiger partial charge on any atom is -0.354 e. The van der Waals surface area contributed by atoms with Crippen molar-refractivity contribution in [3.05, 3.63) is 60.2 Å². The van der Waals surface area contributed by atoms with Gasteiger partial charge in [0, 0.05) is 45.3 Å². The van der Waals surface area contributed by atoms with Crippen molar-refractivity contribution in [2.45, 2.75) is 6.54 Å². The van der Waals surface area contributed by atoms with E-state index in [0.717, 1.165) is 11.3 Å². The summed E-state index contributed by atoms with van der Waals surface area (Å²) in [6.45, 7) is 0.280. The molecule has 0 atom stereocenters. The molecule has 3 heterocycles. The predicted octanol–water partition coefficient (Wildman–Crippen LogP) is 1.46. The summed E-state index contributed by atoms with van der Waals surface area (Å²) >= 11 is 0. The van der Waals surface area contributed by atoms with E-state index in [9.17, 15) is 9.59 Å². The summed E-state index contributed by atoms with van der Waals surface area (Å²) in [5, 5.41) is 6.57. The third-order valence-electron chi connectivity index (χ3n) is 3.87. The summed E-state index contributed by atoms with van der Waals surface area (Å²) in [5.74, 6) is -0.156. The summed E-state index contributed by atoms with van der Waals surface area (Å²) in [4.78, 5) is 29.7. The number of nitrogens with one attached hydrogen (secondary N) is 1. The molecule has 8 nitrogen and oxygen atoms in total. The SMILES string of the molecule is CN(CC(=O)NCc1cccnc1)C(=O)c1cc(-c2cccn2C)on1. The molecule has 2 amide bonds. The molecule has 8 heteroatoms. The zero-order valence-corrected chi connectivity index (χ0v) is 14.5. The number of carbonyl (C=O) groups is 2. The van der Waals surface area contributed by atoms with Crippen LogP contribution in [0.5, 0.6) is 0 Å². The number of aryl methyl sites for hydroxylation is 1. The quantitative estimate of drug-likeness (QED) is 0.724. The smallest absolute Gasteiger partial charge is 0.276 e. The summed E-state index contributed by atoms with van der Waals surface area (Å²) < 4.78 is 7.11. The molecule has 0 radical (unpaired) electrons. The minimum atomic E-state index is -0.384. The van der Waals surface area contributed by atoms with E-state index in [0.29, 0.717) is 12.3 Å². The third kappa shape index (κ3) is 3.97. The van der Waals surface area contributed by atoms with Crippen molar-refractivity contribution in [3.8, 4) is 11.5 Å². The van der Waals surface area contributed by atoms with E-state index in [1.807, 2.05) is 36.0 Å². The Bertz CT molecular complexity index is 900. The lowest BCUT2D eigenvalue weighted by Crippen LogP contribution is -2.38. The molecule has 3 rings (SSSR count). The second-order valence-electron chi connectivity index (χ2n) is 5.88. The summed E-state index contributed by atoms with van der Waals surface area (Å²) in [6.07, 6.45) is 5.22. The highest BCUT2D eigenvalue weighted by Crippen LogP contribution is 2.20. The lowest BCUT2D eigenvalue weighted by Gasteiger charge is -2.15. The van der Waals surface area contributed by atoms with Gasteiger partial charge in [0.2, 0.25) is 5.91 Å². The van der Waals surface area contributed by atoms with Gasteiger partial charge in [-0.25, -0.2) is 0 Å². The molecule has 0 saturated heterocycles. The molecular weight excluding hydrogens is 334 g/mol. The van der Waals surface area contributed by atoms with Crippen LogP contribution in [0, 0.1) is 0 Å². The summed E-state index contributed by atoms with van der Waals surface area (Å²) in [6, 6.07) is 8.97. The van der Waals surface area contributed by atoms with Gasteiger partial charge < -0.3 is 19.3 Å². The van der Waals surface area contributed by atoms with Crippen LogP contribution in [-0.2, 0) is 18.4 Å². The highest BCUT2D eigenvalue weighted by atomic mass is 16.5. The predicted molar refractivity (Wildman–Crippen MR) is 94.0 cm³/mol. The van der Waals surface area contributed by atoms with Crippen LogP contribution < -0.4 is 5.32 Å².